The fourth-order valence-electron chi connectivity index (χ4n) is 4.77. The molecular formula is C24H27BIN5O2. The first-order valence-corrected chi connectivity index (χ1v) is 12.4. The van der Waals surface area contributed by atoms with E-state index in [1.54, 1.807) is 6.07 Å². The lowest BCUT2D eigenvalue weighted by Gasteiger charge is -2.25. The first kappa shape index (κ1) is 22.4. The Morgan fingerprint density at radius 2 is 1.97 bits per heavy atom. The van der Waals surface area contributed by atoms with E-state index in [0.717, 1.165) is 48.9 Å². The molecule has 1 fully saturated rings. The molecule has 0 spiro atoms. The number of aromatic hydroxyl groups is 1. The quantitative estimate of drug-likeness (QED) is 0.260. The molecule has 2 aromatic heterocycles. The Morgan fingerprint density at radius 3 is 2.76 bits per heavy atom. The number of rotatable bonds is 6. The van der Waals surface area contributed by atoms with Crippen molar-refractivity contribution in [3.63, 3.8) is 0 Å². The maximum atomic E-state index is 10.6. The summed E-state index contributed by atoms with van der Waals surface area (Å²) in [5.74, 6) is 1.92. The molecular weight excluding hydrogens is 528 g/mol. The van der Waals surface area contributed by atoms with Crippen LogP contribution >= 0.6 is 23.0 Å². The van der Waals surface area contributed by atoms with Crippen molar-refractivity contribution in [1.29, 1.82) is 0 Å². The molecule has 7 nitrogen and oxygen atoms in total. The Bertz CT molecular complexity index is 1270. The first-order chi connectivity index (χ1) is 16.0. The van der Waals surface area contributed by atoms with Crippen molar-refractivity contribution in [2.45, 2.75) is 50.8 Å². The zero-order valence-corrected chi connectivity index (χ0v) is 21.0. The number of nitrogens with zero attached hydrogens (tertiary/aromatic N) is 5. The van der Waals surface area contributed by atoms with Crippen LogP contribution in [0.3, 0.4) is 0 Å². The normalized spacial score (nSPS) is 18.6. The average molecular weight is 555 g/mol. The molecule has 9 heteroatoms. The van der Waals surface area contributed by atoms with Crippen LogP contribution in [0.25, 0.3) is 16.6 Å². The minimum absolute atomic E-state index is 0.154. The fraction of sp³-hybridized carbons (Fsp3) is 0.375. The number of benzene rings is 2. The summed E-state index contributed by atoms with van der Waals surface area (Å²) in [6, 6.07) is 15.9. The van der Waals surface area contributed by atoms with Gasteiger partial charge in [-0.25, -0.2) is 9.97 Å². The molecule has 2 heterocycles. The van der Waals surface area contributed by atoms with Crippen LogP contribution in [0.1, 0.15) is 43.0 Å². The number of phenols is 1. The van der Waals surface area contributed by atoms with Crippen LogP contribution in [0, 0.1) is 0 Å². The number of hydrogen-bond acceptors (Lipinski definition) is 6. The van der Waals surface area contributed by atoms with Crippen LogP contribution in [-0.2, 0) is 9.39 Å². The molecule has 0 amide bonds. The molecule has 1 saturated carbocycles. The SMILES string of the molecule is CB(Cc1ccccc1)N(C)c1nc2c(O)cccc2c2nc(C3CCCC(OI)C3)nn12. The molecule has 0 aliphatic heterocycles. The van der Waals surface area contributed by atoms with Gasteiger partial charge in [-0.05, 0) is 44.8 Å². The van der Waals surface area contributed by atoms with Gasteiger partial charge in [0.2, 0.25) is 5.95 Å². The molecule has 0 bridgehead atoms. The maximum absolute atomic E-state index is 10.6. The Morgan fingerprint density at radius 1 is 1.15 bits per heavy atom. The van der Waals surface area contributed by atoms with Crippen molar-refractivity contribution in [2.75, 3.05) is 11.9 Å². The van der Waals surface area contributed by atoms with Gasteiger partial charge in [0.25, 0.3) is 6.85 Å². The highest BCUT2D eigenvalue weighted by Gasteiger charge is 2.29. The van der Waals surface area contributed by atoms with Gasteiger partial charge < -0.3 is 13.0 Å². The van der Waals surface area contributed by atoms with Gasteiger partial charge in [0.15, 0.2) is 11.5 Å². The van der Waals surface area contributed by atoms with Gasteiger partial charge >= 0.3 is 0 Å². The van der Waals surface area contributed by atoms with Crippen molar-refractivity contribution in [1.82, 2.24) is 19.6 Å². The number of fused-ring (bicyclic) bond motifs is 3. The second-order valence-electron chi connectivity index (χ2n) is 9.01. The third-order valence-corrected chi connectivity index (χ3v) is 7.47. The summed E-state index contributed by atoms with van der Waals surface area (Å²) in [6.07, 6.45) is 5.27. The molecule has 5 rings (SSSR count). The van der Waals surface area contributed by atoms with Crippen molar-refractivity contribution < 1.29 is 8.17 Å². The monoisotopic (exact) mass is 555 g/mol. The molecule has 33 heavy (non-hydrogen) atoms. The summed E-state index contributed by atoms with van der Waals surface area (Å²) < 4.78 is 7.46. The van der Waals surface area contributed by atoms with E-state index in [0.29, 0.717) is 11.5 Å². The van der Waals surface area contributed by atoms with Gasteiger partial charge in [0.05, 0.1) is 6.10 Å². The highest BCUT2D eigenvalue weighted by Crippen LogP contribution is 2.35. The zero-order valence-electron chi connectivity index (χ0n) is 18.9. The predicted molar refractivity (Wildman–Crippen MR) is 140 cm³/mol. The first-order valence-electron chi connectivity index (χ1n) is 11.5. The highest BCUT2D eigenvalue weighted by molar-refractivity contribution is 14.1. The Kier molecular flexibility index (Phi) is 6.42. The second kappa shape index (κ2) is 9.46. The largest absolute Gasteiger partial charge is 0.506 e. The van der Waals surface area contributed by atoms with E-state index < -0.39 is 0 Å². The van der Waals surface area contributed by atoms with E-state index in [2.05, 4.69) is 35.9 Å². The predicted octanol–water partition coefficient (Wildman–Crippen LogP) is 5.22. The van der Waals surface area contributed by atoms with Crippen LogP contribution in [0.4, 0.5) is 5.95 Å². The summed E-state index contributed by atoms with van der Waals surface area (Å²) >= 11 is 2.01. The number of halogens is 1. The highest BCUT2D eigenvalue weighted by atomic mass is 127. The smallest absolute Gasteiger partial charge is 0.259 e. The summed E-state index contributed by atoms with van der Waals surface area (Å²) in [5, 5.41) is 16.3. The summed E-state index contributed by atoms with van der Waals surface area (Å²) in [5.41, 5.74) is 2.55. The van der Waals surface area contributed by atoms with Crippen molar-refractivity contribution in [3.8, 4) is 5.75 Å². The number of phenolic OH excluding ortho intramolecular Hbond substituents is 1. The van der Waals surface area contributed by atoms with Crippen molar-refractivity contribution >= 4 is 52.4 Å². The summed E-state index contributed by atoms with van der Waals surface area (Å²) in [7, 11) is 2.03. The molecule has 0 radical (unpaired) electrons. The van der Waals surface area contributed by atoms with E-state index in [1.165, 1.54) is 5.56 Å². The van der Waals surface area contributed by atoms with Crippen LogP contribution in [0.15, 0.2) is 48.5 Å². The standard InChI is InChI=1S/C24H27BIN5O2/c1-25(15-16-8-4-3-5-9-16)30(2)24-27-21-19(12-7-13-20(21)32)23-28-22(29-31(23)24)17-10-6-11-18(14-17)33-26/h3-5,7-9,12-13,17-18,32H,6,10-11,14-15H2,1-2H3. The lowest BCUT2D eigenvalue weighted by atomic mass is 9.58. The topological polar surface area (TPSA) is 75.8 Å². The van der Waals surface area contributed by atoms with Gasteiger partial charge in [0, 0.05) is 11.3 Å². The summed E-state index contributed by atoms with van der Waals surface area (Å²) in [4.78, 5) is 12.0. The fourth-order valence-corrected chi connectivity index (χ4v) is 5.23. The molecule has 2 atom stereocenters. The average Bonchev–Trinajstić information content (AvgIpc) is 3.30. The van der Waals surface area contributed by atoms with Gasteiger partial charge in [-0.3, -0.25) is 0 Å². The van der Waals surface area contributed by atoms with Crippen LogP contribution in [0.5, 0.6) is 5.75 Å². The van der Waals surface area contributed by atoms with Gasteiger partial charge in [-0.15, -0.1) is 5.10 Å². The molecule has 2 aromatic carbocycles. The molecule has 2 unspecified atom stereocenters. The number of hydrogen-bond donors (Lipinski definition) is 1. The minimum Gasteiger partial charge on any atom is -0.506 e. The Hall–Kier alpha value is -2.40. The van der Waals surface area contributed by atoms with Gasteiger partial charge in [-0.1, -0.05) is 55.2 Å². The maximum Gasteiger partial charge on any atom is 0.259 e. The molecule has 1 aliphatic carbocycles. The lowest BCUT2D eigenvalue weighted by Crippen LogP contribution is -2.37. The molecule has 0 saturated heterocycles. The molecule has 1 N–H and O–H groups in total. The zero-order chi connectivity index (χ0) is 22.9. The van der Waals surface area contributed by atoms with Crippen molar-refractivity contribution in [3.05, 3.63) is 59.9 Å². The van der Waals surface area contributed by atoms with Crippen molar-refractivity contribution in [2.24, 2.45) is 0 Å². The third-order valence-electron chi connectivity index (χ3n) is 6.75. The van der Waals surface area contributed by atoms with Crippen LogP contribution in [-0.4, -0.2) is 44.7 Å². The van der Waals surface area contributed by atoms with E-state index in [-0.39, 0.29) is 24.6 Å². The van der Waals surface area contributed by atoms with E-state index in [1.807, 2.05) is 52.8 Å². The third kappa shape index (κ3) is 4.40. The minimum atomic E-state index is 0.154. The number of para-hydroxylation sites is 1. The molecule has 4 aromatic rings. The Balaban J connectivity index is 1.59. The van der Waals surface area contributed by atoms with Crippen LogP contribution in [0.2, 0.25) is 6.82 Å². The van der Waals surface area contributed by atoms with Gasteiger partial charge in [0.1, 0.15) is 34.3 Å². The van der Waals surface area contributed by atoms with E-state index in [4.69, 9.17) is 18.1 Å². The lowest BCUT2D eigenvalue weighted by molar-refractivity contribution is 0.196. The second-order valence-corrected chi connectivity index (χ2v) is 9.52. The van der Waals surface area contributed by atoms with E-state index >= 15 is 0 Å². The summed E-state index contributed by atoms with van der Waals surface area (Å²) in [6.45, 7) is 2.35. The molecule has 1 aliphatic rings. The number of anilines is 1. The number of aromatic nitrogens is 4. The van der Waals surface area contributed by atoms with Gasteiger partial charge in [-0.2, -0.15) is 4.52 Å². The van der Waals surface area contributed by atoms with E-state index in [9.17, 15) is 5.11 Å². The molecule has 170 valence electrons. The Labute approximate surface area is 208 Å². The van der Waals surface area contributed by atoms with Crippen LogP contribution < -0.4 is 4.81 Å².